The second-order valence-corrected chi connectivity index (χ2v) is 5.58. The zero-order valence-corrected chi connectivity index (χ0v) is 11.4. The summed E-state index contributed by atoms with van der Waals surface area (Å²) in [6, 6.07) is 4.17. The van der Waals surface area contributed by atoms with Gasteiger partial charge >= 0.3 is 0 Å². The summed E-state index contributed by atoms with van der Waals surface area (Å²) in [5, 5.41) is 4.11. The average molecular weight is 279 g/mol. The summed E-state index contributed by atoms with van der Waals surface area (Å²) in [5.41, 5.74) is 5.94. The number of halogens is 2. The summed E-state index contributed by atoms with van der Waals surface area (Å²) in [7, 11) is 0. The maximum Gasteiger partial charge on any atom is 0.280 e. The van der Waals surface area contributed by atoms with Gasteiger partial charge in [0.1, 0.15) is 17.5 Å². The number of carbonyl (C=O) groups excluding carboxylic acids is 1. The Morgan fingerprint density at radius 1 is 1.15 bits per heavy atom. The maximum absolute atomic E-state index is 13.1. The van der Waals surface area contributed by atoms with E-state index in [9.17, 15) is 13.6 Å². The van der Waals surface area contributed by atoms with Gasteiger partial charge in [-0.25, -0.2) is 8.78 Å². The van der Waals surface area contributed by atoms with Crippen molar-refractivity contribution < 1.29 is 13.6 Å². The molecule has 0 unspecified atom stereocenters. The third-order valence-corrected chi connectivity index (χ3v) is 2.81. The molecule has 0 bridgehead atoms. The van der Waals surface area contributed by atoms with Gasteiger partial charge in [0, 0.05) is 23.1 Å². The molecule has 0 spiro atoms. The van der Waals surface area contributed by atoms with E-state index in [4.69, 9.17) is 5.73 Å². The van der Waals surface area contributed by atoms with Gasteiger partial charge in [0.25, 0.3) is 5.91 Å². The Morgan fingerprint density at radius 3 is 2.15 bits per heavy atom. The Bertz CT molecular complexity index is 651. The van der Waals surface area contributed by atoms with E-state index < -0.39 is 17.5 Å². The summed E-state index contributed by atoms with van der Waals surface area (Å²) in [4.78, 5) is 12.2. The van der Waals surface area contributed by atoms with Crippen LogP contribution in [0.4, 0.5) is 14.6 Å². The van der Waals surface area contributed by atoms with Crippen molar-refractivity contribution in [2.75, 3.05) is 5.73 Å². The fraction of sp³-hybridized carbons (Fsp3) is 0.286. The fourth-order valence-corrected chi connectivity index (χ4v) is 1.72. The van der Waals surface area contributed by atoms with Crippen LogP contribution in [0.3, 0.4) is 0 Å². The Kier molecular flexibility index (Phi) is 3.33. The molecular formula is C14H15F2N3O. The molecule has 6 heteroatoms. The topological polar surface area (TPSA) is 60.9 Å². The highest BCUT2D eigenvalue weighted by Crippen LogP contribution is 2.23. The smallest absolute Gasteiger partial charge is 0.280 e. The van der Waals surface area contributed by atoms with E-state index in [0.717, 1.165) is 16.8 Å². The first-order valence-corrected chi connectivity index (χ1v) is 6.05. The normalized spacial score (nSPS) is 11.7. The molecule has 0 atom stereocenters. The van der Waals surface area contributed by atoms with Crippen molar-refractivity contribution in [3.05, 3.63) is 47.2 Å². The van der Waals surface area contributed by atoms with Gasteiger partial charge in [0.15, 0.2) is 0 Å². The molecule has 0 radical (unpaired) electrons. The van der Waals surface area contributed by atoms with Crippen molar-refractivity contribution in [2.24, 2.45) is 0 Å². The van der Waals surface area contributed by atoms with Crippen LogP contribution in [-0.2, 0) is 5.41 Å². The first-order valence-electron chi connectivity index (χ1n) is 6.05. The Hall–Kier alpha value is -2.24. The van der Waals surface area contributed by atoms with Crippen molar-refractivity contribution in [3.63, 3.8) is 0 Å². The molecule has 4 nitrogen and oxygen atoms in total. The van der Waals surface area contributed by atoms with Crippen molar-refractivity contribution in [1.29, 1.82) is 0 Å². The van der Waals surface area contributed by atoms with Crippen LogP contribution in [-0.4, -0.2) is 15.7 Å². The van der Waals surface area contributed by atoms with Crippen LogP contribution < -0.4 is 5.73 Å². The number of rotatable bonds is 1. The predicted molar refractivity (Wildman–Crippen MR) is 71.4 cm³/mol. The van der Waals surface area contributed by atoms with Gasteiger partial charge in [-0.05, 0) is 12.1 Å². The van der Waals surface area contributed by atoms with Gasteiger partial charge in [0.2, 0.25) is 0 Å². The minimum Gasteiger partial charge on any atom is -0.383 e. The average Bonchev–Trinajstić information content (AvgIpc) is 2.69. The highest BCUT2D eigenvalue weighted by Gasteiger charge is 2.22. The Balaban J connectivity index is 2.46. The molecule has 2 aromatic rings. The number of hydrogen-bond donors (Lipinski definition) is 1. The largest absolute Gasteiger partial charge is 0.383 e. The first kappa shape index (κ1) is 14.2. The lowest BCUT2D eigenvalue weighted by Crippen LogP contribution is -2.18. The van der Waals surface area contributed by atoms with Crippen LogP contribution in [0.1, 0.15) is 36.8 Å². The summed E-state index contributed by atoms with van der Waals surface area (Å²) >= 11 is 0. The molecule has 0 aliphatic rings. The highest BCUT2D eigenvalue weighted by molar-refractivity contribution is 5.97. The van der Waals surface area contributed by atoms with E-state index in [-0.39, 0.29) is 16.8 Å². The number of nitrogens with zero attached hydrogens (tertiary/aromatic N) is 2. The number of nitrogen functional groups attached to an aromatic ring is 1. The molecule has 106 valence electrons. The van der Waals surface area contributed by atoms with Crippen LogP contribution in [0.15, 0.2) is 24.3 Å². The Morgan fingerprint density at radius 2 is 1.70 bits per heavy atom. The standard InChI is InChI=1S/C14H15F2N3O/c1-14(2,3)11-7-12(17)19(18-11)13(20)8-4-9(15)6-10(16)5-8/h4-7H,17H2,1-3H3. The molecule has 0 aliphatic heterocycles. The van der Waals surface area contributed by atoms with E-state index in [1.54, 1.807) is 6.07 Å². The number of anilines is 1. The van der Waals surface area contributed by atoms with Gasteiger partial charge in [-0.3, -0.25) is 4.79 Å². The molecular weight excluding hydrogens is 264 g/mol. The van der Waals surface area contributed by atoms with Crippen LogP contribution in [0.5, 0.6) is 0 Å². The first-order chi connectivity index (χ1) is 9.18. The van der Waals surface area contributed by atoms with Gasteiger partial charge in [-0.15, -0.1) is 0 Å². The van der Waals surface area contributed by atoms with E-state index in [1.165, 1.54) is 0 Å². The zero-order chi connectivity index (χ0) is 15.1. The summed E-state index contributed by atoms with van der Waals surface area (Å²) < 4.78 is 27.2. The molecule has 0 aliphatic carbocycles. The van der Waals surface area contributed by atoms with Crippen LogP contribution in [0.2, 0.25) is 0 Å². The number of carbonyl (C=O) groups is 1. The molecule has 0 fully saturated rings. The second-order valence-electron chi connectivity index (χ2n) is 5.58. The summed E-state index contributed by atoms with van der Waals surface area (Å²) in [6.07, 6.45) is 0. The van der Waals surface area contributed by atoms with E-state index in [1.807, 2.05) is 20.8 Å². The van der Waals surface area contributed by atoms with Crippen molar-refractivity contribution in [1.82, 2.24) is 9.78 Å². The SMILES string of the molecule is CC(C)(C)c1cc(N)n(C(=O)c2cc(F)cc(F)c2)n1. The molecule has 1 heterocycles. The third-order valence-electron chi connectivity index (χ3n) is 2.81. The zero-order valence-electron chi connectivity index (χ0n) is 11.4. The highest BCUT2D eigenvalue weighted by atomic mass is 19.1. The van der Waals surface area contributed by atoms with Gasteiger partial charge in [0.05, 0.1) is 5.69 Å². The van der Waals surface area contributed by atoms with E-state index in [2.05, 4.69) is 5.10 Å². The Labute approximate surface area is 115 Å². The van der Waals surface area contributed by atoms with Crippen molar-refractivity contribution in [2.45, 2.75) is 26.2 Å². The van der Waals surface area contributed by atoms with Crippen LogP contribution in [0, 0.1) is 11.6 Å². The molecule has 0 saturated carbocycles. The molecule has 0 saturated heterocycles. The molecule has 1 aromatic heterocycles. The fourth-order valence-electron chi connectivity index (χ4n) is 1.72. The summed E-state index contributed by atoms with van der Waals surface area (Å²) in [6.45, 7) is 5.77. The third kappa shape index (κ3) is 2.68. The minimum atomic E-state index is -0.824. The number of aromatic nitrogens is 2. The van der Waals surface area contributed by atoms with Crippen molar-refractivity contribution >= 4 is 11.7 Å². The van der Waals surface area contributed by atoms with Crippen LogP contribution in [0.25, 0.3) is 0 Å². The van der Waals surface area contributed by atoms with Crippen molar-refractivity contribution in [3.8, 4) is 0 Å². The quantitative estimate of drug-likeness (QED) is 0.873. The number of benzene rings is 1. The molecule has 20 heavy (non-hydrogen) atoms. The molecule has 1 aromatic carbocycles. The molecule has 0 amide bonds. The van der Waals surface area contributed by atoms with E-state index in [0.29, 0.717) is 11.8 Å². The molecule has 2 N–H and O–H groups in total. The summed E-state index contributed by atoms with van der Waals surface area (Å²) in [5.74, 6) is -2.19. The van der Waals surface area contributed by atoms with E-state index >= 15 is 0 Å². The van der Waals surface area contributed by atoms with Crippen LogP contribution >= 0.6 is 0 Å². The lowest BCUT2D eigenvalue weighted by Gasteiger charge is -2.13. The van der Waals surface area contributed by atoms with Gasteiger partial charge in [-0.1, -0.05) is 20.8 Å². The second kappa shape index (κ2) is 4.70. The molecule has 2 rings (SSSR count). The number of hydrogen-bond acceptors (Lipinski definition) is 3. The lowest BCUT2D eigenvalue weighted by molar-refractivity contribution is 0.0946. The number of nitrogens with two attached hydrogens (primary N) is 1. The van der Waals surface area contributed by atoms with Gasteiger partial charge in [-0.2, -0.15) is 9.78 Å². The van der Waals surface area contributed by atoms with Gasteiger partial charge < -0.3 is 5.73 Å². The monoisotopic (exact) mass is 279 g/mol. The maximum atomic E-state index is 13.1. The lowest BCUT2D eigenvalue weighted by atomic mass is 9.92. The minimum absolute atomic E-state index is 0.129. The predicted octanol–water partition coefficient (Wildman–Crippen LogP) is 2.73.